The largest absolute Gasteiger partial charge is 0.393 e. The molecule has 182 valence electrons. The molecule has 2 unspecified atom stereocenters. The smallest absolute Gasteiger partial charge is 0.348 e. The topological polar surface area (TPSA) is 86.8 Å². The molecule has 0 bridgehead atoms. The highest BCUT2D eigenvalue weighted by Gasteiger charge is 2.47. The van der Waals surface area contributed by atoms with Gasteiger partial charge in [-0.15, -0.1) is 0 Å². The van der Waals surface area contributed by atoms with E-state index in [1.165, 1.54) is 25.0 Å². The Labute approximate surface area is 215 Å². The summed E-state index contributed by atoms with van der Waals surface area (Å²) in [4.78, 5) is 52.5. The van der Waals surface area contributed by atoms with E-state index in [0.717, 1.165) is 16.9 Å². The van der Waals surface area contributed by atoms with E-state index in [-0.39, 0.29) is 29.8 Å². The van der Waals surface area contributed by atoms with Gasteiger partial charge in [-0.1, -0.05) is 35.9 Å². The van der Waals surface area contributed by atoms with Crippen LogP contribution in [0.25, 0.3) is 0 Å². The van der Waals surface area contributed by atoms with Gasteiger partial charge in [-0.3, -0.25) is 24.5 Å². The number of halogens is 3. The van der Waals surface area contributed by atoms with Gasteiger partial charge in [0.25, 0.3) is 11.8 Å². The number of amides is 4. The van der Waals surface area contributed by atoms with Gasteiger partial charge in [0.05, 0.1) is 0 Å². The van der Waals surface area contributed by atoms with Crippen LogP contribution in [0.2, 0.25) is 10.8 Å². The minimum atomic E-state index is -3.78. The summed E-state index contributed by atoms with van der Waals surface area (Å²) in [5, 5.41) is 1.43. The van der Waals surface area contributed by atoms with Crippen molar-refractivity contribution in [3.63, 3.8) is 0 Å². The zero-order valence-electron chi connectivity index (χ0n) is 20.3. The number of piperidine rings is 1. The second-order valence-electron chi connectivity index (χ2n) is 9.82. The molecule has 2 aromatic rings. The molecular weight excluding hydrogens is 487 g/mol. The summed E-state index contributed by atoms with van der Waals surface area (Å²) in [5.74, 6) is -6.80. The second-order valence-corrected chi connectivity index (χ2v) is 10.3. The van der Waals surface area contributed by atoms with Crippen molar-refractivity contribution in [3.8, 4) is 0 Å². The molecule has 4 amide bonds. The van der Waals surface area contributed by atoms with E-state index >= 15 is 8.78 Å². The van der Waals surface area contributed by atoms with E-state index in [2.05, 4.69) is 5.32 Å². The normalized spacial score (nSPS) is 20.2. The van der Waals surface area contributed by atoms with E-state index < -0.39 is 40.5 Å². The van der Waals surface area contributed by atoms with Crippen LogP contribution >= 0.6 is 11.6 Å². The summed E-state index contributed by atoms with van der Waals surface area (Å²) in [7, 11) is 6.28. The van der Waals surface area contributed by atoms with Crippen LogP contribution in [0.1, 0.15) is 33.5 Å². The molecule has 7 nitrogen and oxygen atoms in total. The Bertz CT molecular complexity index is 1280. The van der Waals surface area contributed by atoms with Crippen LogP contribution in [0.5, 0.6) is 0 Å². The van der Waals surface area contributed by atoms with Crippen molar-refractivity contribution in [3.05, 3.63) is 69.7 Å². The van der Waals surface area contributed by atoms with E-state index in [1.54, 1.807) is 41.7 Å². The molecular formula is C22H22B4ClF2N3O4. The lowest BCUT2D eigenvalue weighted by Gasteiger charge is -2.39. The highest BCUT2D eigenvalue weighted by Crippen LogP contribution is 2.36. The molecule has 36 heavy (non-hydrogen) atoms. The summed E-state index contributed by atoms with van der Waals surface area (Å²) >= 11 is 5.79. The fourth-order valence-corrected chi connectivity index (χ4v) is 4.69. The summed E-state index contributed by atoms with van der Waals surface area (Å²) in [6.07, 6.45) is 0.222. The molecule has 0 aliphatic carbocycles. The third-order valence-electron chi connectivity index (χ3n) is 7.21. The average molecular weight is 509 g/mol. The summed E-state index contributed by atoms with van der Waals surface area (Å²) in [6.45, 7) is 0.135. The van der Waals surface area contributed by atoms with Crippen molar-refractivity contribution in [2.45, 2.75) is 36.1 Å². The molecule has 14 heteroatoms. The van der Waals surface area contributed by atoms with Crippen molar-refractivity contribution >= 4 is 66.7 Å². The van der Waals surface area contributed by atoms with E-state index in [1.807, 2.05) is 0 Å². The molecule has 4 rings (SSSR count). The Hall–Kier alpha value is -3.07. The van der Waals surface area contributed by atoms with Crippen molar-refractivity contribution in [1.29, 1.82) is 0 Å². The number of imide groups is 1. The number of carbonyl (C=O) groups is 4. The van der Waals surface area contributed by atoms with Crippen molar-refractivity contribution in [2.75, 3.05) is 0 Å². The Morgan fingerprint density at radius 1 is 1.06 bits per heavy atom. The van der Waals surface area contributed by atoms with Gasteiger partial charge in [0.1, 0.15) is 29.6 Å². The first-order chi connectivity index (χ1) is 16.7. The number of alkyl halides is 2. The molecule has 0 saturated carbocycles. The lowest BCUT2D eigenvalue weighted by Crippen LogP contribution is -2.54. The maximum atomic E-state index is 15.1. The van der Waals surface area contributed by atoms with Crippen molar-refractivity contribution < 1.29 is 28.0 Å². The third-order valence-corrected chi connectivity index (χ3v) is 7.46. The van der Waals surface area contributed by atoms with Crippen LogP contribution in [-0.2, 0) is 32.2 Å². The molecule has 1 fully saturated rings. The van der Waals surface area contributed by atoms with E-state index in [9.17, 15) is 19.2 Å². The first-order valence-electron chi connectivity index (χ1n) is 11.5. The van der Waals surface area contributed by atoms with Crippen LogP contribution in [-0.4, -0.2) is 70.9 Å². The second kappa shape index (κ2) is 9.10. The molecule has 2 aliphatic rings. The minimum absolute atomic E-state index is 0.135. The van der Waals surface area contributed by atoms with E-state index in [4.69, 9.17) is 11.6 Å². The SMILES string of the molecule is BC1CC(N2Cc3cc(C(B)(B)N(B)C(=O)C(F)(F)c4ccc(Cl)cc4)ccc3C2=O)C(=O)NC1=O. The fourth-order valence-electron chi connectivity index (χ4n) is 4.56. The summed E-state index contributed by atoms with van der Waals surface area (Å²) in [5.41, 5.74) is 1.10. The van der Waals surface area contributed by atoms with Gasteiger partial charge in [-0.05, 0) is 41.1 Å². The number of carbonyl (C=O) groups excluding carboxylic acids is 4. The lowest BCUT2D eigenvalue weighted by atomic mass is 9.55. The number of benzene rings is 2. The van der Waals surface area contributed by atoms with Crippen LogP contribution in [0, 0.1) is 0 Å². The average Bonchev–Trinajstić information content (AvgIpc) is 3.16. The van der Waals surface area contributed by atoms with Crippen LogP contribution < -0.4 is 5.32 Å². The standard InChI is InChI=1S/C22H22B4ClF2N3O4/c23-15-8-16(18(34)30-17(15)33)31-9-10-7-12(3-6-14(10)19(31)35)22(24,25)32(26)20(36)21(28,29)11-1-4-13(27)5-2-11/h1-7,15-16H,8-9,23-26H2,(H,30,33,34). The van der Waals surface area contributed by atoms with Gasteiger partial charge in [0.15, 0.2) is 0 Å². The molecule has 1 saturated heterocycles. The first kappa shape index (κ1) is 26.0. The molecule has 2 atom stereocenters. The summed E-state index contributed by atoms with van der Waals surface area (Å²) < 4.78 is 30.1. The van der Waals surface area contributed by atoms with Gasteiger partial charge in [0.2, 0.25) is 19.8 Å². The number of rotatable bonds is 5. The van der Waals surface area contributed by atoms with Gasteiger partial charge in [-0.2, -0.15) is 8.78 Å². The van der Waals surface area contributed by atoms with Crippen LogP contribution in [0.15, 0.2) is 42.5 Å². The maximum Gasteiger partial charge on any atom is 0.348 e. The van der Waals surface area contributed by atoms with Crippen LogP contribution in [0.4, 0.5) is 8.78 Å². The molecule has 1 N–H and O–H groups in total. The van der Waals surface area contributed by atoms with E-state index in [0.29, 0.717) is 16.7 Å². The molecule has 0 spiro atoms. The van der Waals surface area contributed by atoms with Gasteiger partial charge >= 0.3 is 5.92 Å². The molecule has 2 aliphatic heterocycles. The molecule has 0 aromatic heterocycles. The molecule has 0 radical (unpaired) electrons. The van der Waals surface area contributed by atoms with Gasteiger partial charge < -0.3 is 9.71 Å². The number of hydrogen-bond acceptors (Lipinski definition) is 4. The number of nitrogens with one attached hydrogen (secondary N) is 1. The quantitative estimate of drug-likeness (QED) is 0.401. The maximum absolute atomic E-state index is 15.1. The predicted octanol–water partition coefficient (Wildman–Crippen LogP) is -1.32. The Kier molecular flexibility index (Phi) is 6.58. The van der Waals surface area contributed by atoms with Gasteiger partial charge in [0, 0.05) is 28.5 Å². The highest BCUT2D eigenvalue weighted by molar-refractivity contribution is 6.43. The first-order valence-corrected chi connectivity index (χ1v) is 11.8. The number of nitrogens with zero attached hydrogens (tertiary/aromatic N) is 2. The Morgan fingerprint density at radius 3 is 2.31 bits per heavy atom. The summed E-state index contributed by atoms with van der Waals surface area (Å²) in [6, 6.07) is 8.96. The zero-order chi connectivity index (χ0) is 26.6. The van der Waals surface area contributed by atoms with Gasteiger partial charge in [-0.25, -0.2) is 0 Å². The number of fused-ring (bicyclic) bond motifs is 1. The predicted molar refractivity (Wildman–Crippen MR) is 140 cm³/mol. The van der Waals surface area contributed by atoms with Crippen molar-refractivity contribution in [2.24, 2.45) is 0 Å². The number of hydrogen-bond donors (Lipinski definition) is 1. The zero-order valence-corrected chi connectivity index (χ0v) is 21.0. The Morgan fingerprint density at radius 2 is 1.67 bits per heavy atom. The minimum Gasteiger partial charge on any atom is -0.393 e. The Balaban J connectivity index is 1.58. The third kappa shape index (κ3) is 4.34. The monoisotopic (exact) mass is 509 g/mol. The van der Waals surface area contributed by atoms with Crippen molar-refractivity contribution in [1.82, 2.24) is 15.0 Å². The molecule has 2 aromatic carbocycles. The molecule has 2 heterocycles. The van der Waals surface area contributed by atoms with Crippen LogP contribution in [0.3, 0.4) is 0 Å². The lowest BCUT2D eigenvalue weighted by molar-refractivity contribution is -0.155. The fraction of sp³-hybridized carbons (Fsp3) is 0.273. The highest BCUT2D eigenvalue weighted by atomic mass is 35.5.